The number of nitrogens with one attached hydrogen (secondary N) is 2. The third-order valence-electron chi connectivity index (χ3n) is 5.89. The Morgan fingerprint density at radius 3 is 2.00 bits per heavy atom. The van der Waals surface area contributed by atoms with E-state index in [-0.39, 0.29) is 24.7 Å². The van der Waals surface area contributed by atoms with Gasteiger partial charge in [0, 0.05) is 43.1 Å². The number of anilines is 5. The van der Waals surface area contributed by atoms with E-state index < -0.39 is 23.5 Å². The Hall–Kier alpha value is -4.35. The van der Waals surface area contributed by atoms with Crippen LogP contribution in [-0.2, 0) is 18.8 Å². The average molecular weight is 577 g/mol. The first kappa shape index (κ1) is 31.2. The lowest BCUT2D eigenvalue weighted by atomic mass is 10.1. The molecule has 0 radical (unpaired) electrons. The first-order chi connectivity index (χ1) is 19.4. The molecule has 41 heavy (non-hydrogen) atoms. The van der Waals surface area contributed by atoms with Crippen LogP contribution in [-0.4, -0.2) is 28.5 Å². The van der Waals surface area contributed by atoms with Crippen molar-refractivity contribution < 1.29 is 26.3 Å². The number of hydrogen-bond acceptors (Lipinski definition) is 6. The normalized spacial score (nSPS) is 11.4. The fourth-order valence-electron chi connectivity index (χ4n) is 3.82. The molecule has 2 aromatic carbocycles. The van der Waals surface area contributed by atoms with E-state index in [2.05, 4.69) is 25.6 Å². The van der Waals surface area contributed by atoms with Gasteiger partial charge in [-0.05, 0) is 55.5 Å². The second-order valence-corrected chi connectivity index (χ2v) is 8.70. The predicted molar refractivity (Wildman–Crippen MR) is 149 cm³/mol. The van der Waals surface area contributed by atoms with Crippen molar-refractivity contribution in [1.29, 1.82) is 0 Å². The van der Waals surface area contributed by atoms with E-state index in [1.165, 1.54) is 36.3 Å². The van der Waals surface area contributed by atoms with Crippen molar-refractivity contribution in [2.75, 3.05) is 29.1 Å². The van der Waals surface area contributed by atoms with Gasteiger partial charge in [-0.2, -0.15) is 31.3 Å². The molecule has 0 saturated heterocycles. The average Bonchev–Trinajstić information content (AvgIpc) is 2.95. The van der Waals surface area contributed by atoms with Crippen molar-refractivity contribution in [1.82, 2.24) is 15.0 Å². The zero-order chi connectivity index (χ0) is 30.2. The Morgan fingerprint density at radius 1 is 0.756 bits per heavy atom. The van der Waals surface area contributed by atoms with Crippen molar-refractivity contribution in [3.63, 3.8) is 0 Å². The molecule has 0 amide bonds. The van der Waals surface area contributed by atoms with E-state index in [0.717, 1.165) is 18.2 Å². The maximum Gasteiger partial charge on any atom is 0.419 e. The number of alkyl halides is 6. The van der Waals surface area contributed by atoms with E-state index in [0.29, 0.717) is 28.5 Å². The first-order valence-corrected chi connectivity index (χ1v) is 12.8. The highest BCUT2D eigenvalue weighted by Crippen LogP contribution is 2.35. The Morgan fingerprint density at radius 2 is 1.39 bits per heavy atom. The van der Waals surface area contributed by atoms with Crippen LogP contribution in [0.4, 0.5) is 55.3 Å². The van der Waals surface area contributed by atoms with Crippen molar-refractivity contribution in [2.24, 2.45) is 0 Å². The predicted octanol–water partition coefficient (Wildman–Crippen LogP) is 8.41. The van der Waals surface area contributed by atoms with Gasteiger partial charge in [0.05, 0.1) is 16.8 Å². The molecule has 0 unspecified atom stereocenters. The number of para-hydroxylation sites is 1. The topological polar surface area (TPSA) is 66.0 Å². The molecular weight excluding hydrogens is 546 g/mol. The smallest absolute Gasteiger partial charge is 0.359 e. The Bertz CT molecular complexity index is 1410. The third-order valence-corrected chi connectivity index (χ3v) is 5.89. The van der Waals surface area contributed by atoms with E-state index in [1.807, 2.05) is 32.0 Å². The second kappa shape index (κ2) is 13.3. The van der Waals surface area contributed by atoms with Crippen molar-refractivity contribution in [3.8, 4) is 0 Å². The third kappa shape index (κ3) is 8.32. The van der Waals surface area contributed by atoms with Gasteiger partial charge < -0.3 is 15.5 Å². The number of rotatable bonds is 8. The summed E-state index contributed by atoms with van der Waals surface area (Å²) in [5.41, 5.74) is 0.585. The number of likely N-dealkylation sites (N-methyl/N-ethyl adjacent to an activating group) is 1. The lowest BCUT2D eigenvalue weighted by Gasteiger charge is -2.22. The molecule has 0 spiro atoms. The summed E-state index contributed by atoms with van der Waals surface area (Å²) in [7, 11) is 1.51. The SMILES string of the molecule is CC.Cc1c(CCN(C)c2ncccc2C(F)(F)F)nc(Nc2ccccc2)nc1Nc1ccc(C(F)(F)F)cc1. The van der Waals surface area contributed by atoms with Crippen LogP contribution in [0.1, 0.15) is 36.2 Å². The summed E-state index contributed by atoms with van der Waals surface area (Å²) in [6.07, 6.45) is -7.49. The summed E-state index contributed by atoms with van der Waals surface area (Å²) < 4.78 is 79.3. The zero-order valence-corrected chi connectivity index (χ0v) is 22.9. The Kier molecular flexibility index (Phi) is 10.1. The molecule has 2 N–H and O–H groups in total. The monoisotopic (exact) mass is 576 g/mol. The van der Waals surface area contributed by atoms with Crippen molar-refractivity contribution in [2.45, 2.75) is 39.5 Å². The molecule has 0 atom stereocenters. The van der Waals surface area contributed by atoms with Crippen LogP contribution >= 0.6 is 0 Å². The molecule has 4 rings (SSSR count). The molecule has 0 bridgehead atoms. The quantitative estimate of drug-likeness (QED) is 0.205. The Balaban J connectivity index is 0.00000226. The van der Waals surface area contributed by atoms with Gasteiger partial charge in [0.1, 0.15) is 11.6 Å². The van der Waals surface area contributed by atoms with Gasteiger partial charge in [-0.1, -0.05) is 32.0 Å². The number of nitrogens with zero attached hydrogens (tertiary/aromatic N) is 4. The minimum Gasteiger partial charge on any atom is -0.359 e. The van der Waals surface area contributed by atoms with Crippen LogP contribution in [0.25, 0.3) is 0 Å². The molecule has 0 saturated carbocycles. The highest BCUT2D eigenvalue weighted by atomic mass is 19.4. The summed E-state index contributed by atoms with van der Waals surface area (Å²) in [6.45, 7) is 5.89. The van der Waals surface area contributed by atoms with Gasteiger partial charge in [-0.15, -0.1) is 0 Å². The van der Waals surface area contributed by atoms with Crippen LogP contribution in [0, 0.1) is 6.92 Å². The number of aromatic nitrogens is 3. The van der Waals surface area contributed by atoms with Gasteiger partial charge in [0.15, 0.2) is 0 Å². The van der Waals surface area contributed by atoms with E-state index in [9.17, 15) is 26.3 Å². The number of hydrogen-bond donors (Lipinski definition) is 2. The van der Waals surface area contributed by atoms with E-state index in [1.54, 1.807) is 19.1 Å². The lowest BCUT2D eigenvalue weighted by Crippen LogP contribution is -2.25. The van der Waals surface area contributed by atoms with Crippen LogP contribution in [0.5, 0.6) is 0 Å². The minimum atomic E-state index is -4.56. The number of pyridine rings is 1. The summed E-state index contributed by atoms with van der Waals surface area (Å²) >= 11 is 0. The maximum absolute atomic E-state index is 13.5. The fourth-order valence-corrected chi connectivity index (χ4v) is 3.82. The van der Waals surface area contributed by atoms with Gasteiger partial charge in [-0.3, -0.25) is 0 Å². The van der Waals surface area contributed by atoms with Crippen LogP contribution in [0.2, 0.25) is 0 Å². The second-order valence-electron chi connectivity index (χ2n) is 8.70. The molecule has 6 nitrogen and oxygen atoms in total. The Labute approximate surface area is 234 Å². The summed E-state index contributed by atoms with van der Waals surface area (Å²) in [5.74, 6) is 0.352. The fraction of sp³-hybridized carbons (Fsp3) is 0.276. The van der Waals surface area contributed by atoms with Crippen LogP contribution < -0.4 is 15.5 Å². The molecule has 2 heterocycles. The molecule has 4 aromatic rings. The van der Waals surface area contributed by atoms with E-state index >= 15 is 0 Å². The maximum atomic E-state index is 13.5. The number of halogens is 6. The van der Waals surface area contributed by atoms with Crippen molar-refractivity contribution >= 4 is 29.0 Å². The number of benzene rings is 2. The molecule has 2 aromatic heterocycles. The van der Waals surface area contributed by atoms with Gasteiger partial charge in [0.2, 0.25) is 5.95 Å². The van der Waals surface area contributed by atoms with Gasteiger partial charge in [-0.25, -0.2) is 9.97 Å². The van der Waals surface area contributed by atoms with E-state index in [4.69, 9.17) is 0 Å². The molecule has 0 fully saturated rings. The first-order valence-electron chi connectivity index (χ1n) is 12.8. The minimum absolute atomic E-state index is 0.155. The lowest BCUT2D eigenvalue weighted by molar-refractivity contribution is -0.138. The highest BCUT2D eigenvalue weighted by Gasteiger charge is 2.35. The largest absolute Gasteiger partial charge is 0.419 e. The molecule has 218 valence electrons. The molecule has 0 aliphatic rings. The summed E-state index contributed by atoms with van der Waals surface area (Å²) in [6, 6.07) is 15.8. The molecule has 12 heteroatoms. The van der Waals surface area contributed by atoms with Crippen LogP contribution in [0.15, 0.2) is 72.9 Å². The summed E-state index contributed by atoms with van der Waals surface area (Å²) in [4.78, 5) is 14.4. The van der Waals surface area contributed by atoms with Crippen LogP contribution in [0.3, 0.4) is 0 Å². The molecule has 0 aliphatic heterocycles. The van der Waals surface area contributed by atoms with Gasteiger partial charge in [0.25, 0.3) is 0 Å². The van der Waals surface area contributed by atoms with Gasteiger partial charge >= 0.3 is 12.4 Å². The van der Waals surface area contributed by atoms with Crippen molar-refractivity contribution in [3.05, 3.63) is 95.3 Å². The summed E-state index contributed by atoms with van der Waals surface area (Å²) in [5, 5.41) is 6.12. The standard InChI is InChI=1S/C27H24F6N6.C2H6/c1-17-22(14-16-39(2)24-21(27(31,32)33)9-6-15-34-24)37-25(36-19-7-4-3-5-8-19)38-23(17)35-20-12-10-18(11-13-20)26(28,29)30;1-2/h3-13,15H,14,16H2,1-2H3,(H2,35,36,37,38);1-2H3. The molecular formula is C29H30F6N6. The molecule has 0 aliphatic carbocycles. The zero-order valence-electron chi connectivity index (χ0n) is 22.9. The highest BCUT2D eigenvalue weighted by molar-refractivity contribution is 5.63.